The Morgan fingerprint density at radius 2 is 1.13 bits per heavy atom. The second kappa shape index (κ2) is 10.2. The molecule has 1 aromatic rings. The first-order valence-corrected chi connectivity index (χ1v) is 14.7. The second-order valence-corrected chi connectivity index (χ2v) is 14.0. The molecule has 172 valence electrons. The standard InChI is InChI=1S/C20H34O6P2S2/c1-10(2)14-16(12(5)6)19(30-9)17(13(7)8)15(11(3)4)18(14)26-28(24,25)20(29)27(21,22)23/h10-13H,1-9H3,(H,24,25)(H2,21,22,23). The molecule has 0 saturated carbocycles. The van der Waals surface area contributed by atoms with E-state index < -0.39 is 19.5 Å². The Bertz CT molecular complexity index is 862. The maximum atomic E-state index is 12.9. The molecule has 0 aliphatic carbocycles. The molecule has 0 fully saturated rings. The summed E-state index contributed by atoms with van der Waals surface area (Å²) in [6.45, 7) is 16.1. The normalized spacial score (nSPS) is 14.7. The zero-order valence-corrected chi connectivity index (χ0v) is 22.5. The average Bonchev–Trinajstić information content (AvgIpc) is 2.57. The fraction of sp³-hybridized carbons (Fsp3) is 0.650. The first-order valence-electron chi connectivity index (χ1n) is 9.89. The molecule has 0 aromatic heterocycles. The van der Waals surface area contributed by atoms with Crippen molar-refractivity contribution in [1.82, 2.24) is 0 Å². The van der Waals surface area contributed by atoms with Crippen LogP contribution in [0.3, 0.4) is 0 Å². The molecule has 0 saturated heterocycles. The first-order chi connectivity index (χ1) is 13.5. The zero-order chi connectivity index (χ0) is 23.8. The van der Waals surface area contributed by atoms with Crippen molar-refractivity contribution in [2.45, 2.75) is 84.0 Å². The predicted molar refractivity (Wildman–Crippen MR) is 130 cm³/mol. The number of thioether (sulfide) groups is 1. The quantitative estimate of drug-likeness (QED) is 0.192. The summed E-state index contributed by atoms with van der Waals surface area (Å²) in [5, 5.41) is 0. The van der Waals surface area contributed by atoms with Crippen molar-refractivity contribution >= 4 is 43.5 Å². The van der Waals surface area contributed by atoms with Gasteiger partial charge >= 0.3 is 15.2 Å². The van der Waals surface area contributed by atoms with E-state index in [1.165, 1.54) is 0 Å². The van der Waals surface area contributed by atoms with Crippen LogP contribution in [0.5, 0.6) is 5.75 Å². The highest BCUT2D eigenvalue weighted by Gasteiger charge is 2.42. The lowest BCUT2D eigenvalue weighted by Crippen LogP contribution is -2.15. The van der Waals surface area contributed by atoms with Gasteiger partial charge in [0.2, 0.25) is 4.35 Å². The van der Waals surface area contributed by atoms with E-state index in [-0.39, 0.29) is 29.4 Å². The van der Waals surface area contributed by atoms with Gasteiger partial charge in [0.15, 0.2) is 0 Å². The Hall–Kier alpha value is -0.200. The van der Waals surface area contributed by atoms with Gasteiger partial charge in [-0.15, -0.1) is 11.8 Å². The molecule has 3 N–H and O–H groups in total. The van der Waals surface area contributed by atoms with Crippen LogP contribution in [0.2, 0.25) is 0 Å². The second-order valence-electron chi connectivity index (χ2n) is 8.57. The van der Waals surface area contributed by atoms with Crippen LogP contribution < -0.4 is 4.52 Å². The number of hydrogen-bond donors (Lipinski definition) is 3. The Labute approximate surface area is 189 Å². The number of rotatable bonds is 9. The smallest absolute Gasteiger partial charge is 0.420 e. The molecule has 0 amide bonds. The van der Waals surface area contributed by atoms with Crippen LogP contribution in [0.15, 0.2) is 4.90 Å². The Morgan fingerprint density at radius 3 is 1.37 bits per heavy atom. The van der Waals surface area contributed by atoms with Gasteiger partial charge in [0.1, 0.15) is 5.75 Å². The molecular weight excluding hydrogens is 462 g/mol. The van der Waals surface area contributed by atoms with Gasteiger partial charge in [-0.3, -0.25) is 4.57 Å². The van der Waals surface area contributed by atoms with Crippen LogP contribution in [0.4, 0.5) is 0 Å². The lowest BCUT2D eigenvalue weighted by molar-refractivity contribution is 0.382. The van der Waals surface area contributed by atoms with E-state index in [0.717, 1.165) is 27.1 Å². The van der Waals surface area contributed by atoms with Gasteiger partial charge in [0, 0.05) is 16.0 Å². The van der Waals surface area contributed by atoms with Crippen molar-refractivity contribution < 1.29 is 28.3 Å². The molecule has 30 heavy (non-hydrogen) atoms. The van der Waals surface area contributed by atoms with E-state index >= 15 is 0 Å². The molecule has 10 heteroatoms. The van der Waals surface area contributed by atoms with E-state index in [0.29, 0.717) is 0 Å². The van der Waals surface area contributed by atoms with Crippen LogP contribution >= 0.6 is 39.2 Å². The number of hydrogen-bond acceptors (Lipinski definition) is 5. The summed E-state index contributed by atoms with van der Waals surface area (Å²) < 4.78 is 28.9. The maximum absolute atomic E-state index is 12.9. The molecule has 0 radical (unpaired) electrons. The largest absolute Gasteiger partial charge is 0.427 e. The van der Waals surface area contributed by atoms with E-state index in [9.17, 15) is 23.8 Å². The fourth-order valence-electron chi connectivity index (χ4n) is 3.72. The summed E-state index contributed by atoms with van der Waals surface area (Å²) in [5.41, 5.74) is 3.63. The van der Waals surface area contributed by atoms with Gasteiger partial charge in [-0.2, -0.15) is 0 Å². The summed E-state index contributed by atoms with van der Waals surface area (Å²) in [5.74, 6) is 0.346. The molecule has 0 bridgehead atoms. The topological polar surface area (TPSA) is 104 Å². The summed E-state index contributed by atoms with van der Waals surface area (Å²) in [6, 6.07) is 0. The summed E-state index contributed by atoms with van der Waals surface area (Å²) in [6.07, 6.45) is 2.02. The van der Waals surface area contributed by atoms with Crippen LogP contribution in [-0.2, 0) is 9.13 Å². The van der Waals surface area contributed by atoms with E-state index in [1.807, 2.05) is 34.0 Å². The van der Waals surface area contributed by atoms with Gasteiger partial charge in [-0.1, -0.05) is 67.6 Å². The van der Waals surface area contributed by atoms with E-state index in [4.69, 9.17) is 4.52 Å². The van der Waals surface area contributed by atoms with Crippen molar-refractivity contribution in [2.75, 3.05) is 6.26 Å². The third kappa shape index (κ3) is 5.78. The molecule has 6 nitrogen and oxygen atoms in total. The van der Waals surface area contributed by atoms with Crippen molar-refractivity contribution in [3.05, 3.63) is 22.3 Å². The fourth-order valence-corrected chi connectivity index (χ4v) is 6.92. The van der Waals surface area contributed by atoms with Gasteiger partial charge in [-0.25, -0.2) is 4.57 Å². The van der Waals surface area contributed by atoms with Crippen LogP contribution in [0, 0.1) is 0 Å². The molecule has 1 atom stereocenters. The lowest BCUT2D eigenvalue weighted by atomic mass is 9.80. The third-order valence-corrected chi connectivity index (χ3v) is 9.98. The molecular formula is C20H34O6P2S2. The summed E-state index contributed by atoms with van der Waals surface area (Å²) in [4.78, 5) is 30.4. The third-order valence-electron chi connectivity index (χ3n) is 4.78. The molecule has 1 rings (SSSR count). The first kappa shape index (κ1) is 27.8. The van der Waals surface area contributed by atoms with Gasteiger partial charge in [0.05, 0.1) is 0 Å². The Kier molecular flexibility index (Phi) is 9.43. The molecule has 0 heterocycles. The van der Waals surface area contributed by atoms with Crippen LogP contribution in [0.1, 0.15) is 101 Å². The van der Waals surface area contributed by atoms with Crippen molar-refractivity contribution in [3.63, 3.8) is 0 Å². The number of thiocarbonyl (C=S) groups is 1. The van der Waals surface area contributed by atoms with Crippen LogP contribution in [0.25, 0.3) is 0 Å². The minimum Gasteiger partial charge on any atom is -0.420 e. The van der Waals surface area contributed by atoms with Gasteiger partial charge in [0.25, 0.3) is 0 Å². The van der Waals surface area contributed by atoms with E-state index in [1.54, 1.807) is 11.8 Å². The molecule has 1 unspecified atom stereocenters. The van der Waals surface area contributed by atoms with Crippen molar-refractivity contribution in [2.24, 2.45) is 0 Å². The zero-order valence-electron chi connectivity index (χ0n) is 19.1. The number of benzene rings is 1. The Balaban J connectivity index is 4.16. The minimum absolute atomic E-state index is 0.0503. The monoisotopic (exact) mass is 496 g/mol. The van der Waals surface area contributed by atoms with Crippen LogP contribution in [-0.4, -0.2) is 25.3 Å². The van der Waals surface area contributed by atoms with Gasteiger partial charge < -0.3 is 19.2 Å². The minimum atomic E-state index is -5.08. The van der Waals surface area contributed by atoms with Gasteiger partial charge in [-0.05, 0) is 41.1 Å². The van der Waals surface area contributed by atoms with Crippen molar-refractivity contribution in [3.8, 4) is 5.75 Å². The molecule has 0 aliphatic rings. The van der Waals surface area contributed by atoms with E-state index in [2.05, 4.69) is 39.9 Å². The molecule has 0 aliphatic heterocycles. The maximum Gasteiger partial charge on any atom is 0.427 e. The molecule has 0 spiro atoms. The molecule has 1 aromatic carbocycles. The Morgan fingerprint density at radius 1 is 0.800 bits per heavy atom. The average molecular weight is 497 g/mol. The highest BCUT2D eigenvalue weighted by molar-refractivity contribution is 8.16. The van der Waals surface area contributed by atoms with Crippen molar-refractivity contribution in [1.29, 1.82) is 0 Å². The highest BCUT2D eigenvalue weighted by atomic mass is 32.2. The lowest BCUT2D eigenvalue weighted by Gasteiger charge is -2.32. The highest BCUT2D eigenvalue weighted by Crippen LogP contribution is 2.61. The summed E-state index contributed by atoms with van der Waals surface area (Å²) in [7, 11) is -10.0. The predicted octanol–water partition coefficient (Wildman–Crippen LogP) is 6.93. The SMILES string of the molecule is CSc1c(C(C)C)c(C(C)C)c(OP(=O)(O)C(=S)P(=O)(O)O)c(C(C)C)c1C(C)C. The summed E-state index contributed by atoms with van der Waals surface area (Å²) >= 11 is 6.30.